The first-order valence-electron chi connectivity index (χ1n) is 10.5. The molecule has 0 aliphatic heterocycles. The fourth-order valence-electron chi connectivity index (χ4n) is 3.55. The van der Waals surface area contributed by atoms with Gasteiger partial charge in [-0.25, -0.2) is 9.97 Å². The Morgan fingerprint density at radius 2 is 1.50 bits per heavy atom. The summed E-state index contributed by atoms with van der Waals surface area (Å²) in [5.41, 5.74) is 11.7. The summed E-state index contributed by atoms with van der Waals surface area (Å²) in [6.45, 7) is 6.56. The summed E-state index contributed by atoms with van der Waals surface area (Å²) in [6, 6.07) is 20.9. The van der Waals surface area contributed by atoms with Gasteiger partial charge in [0.2, 0.25) is 0 Å². The number of hydrogen-bond donors (Lipinski definition) is 2. The molecule has 0 spiro atoms. The number of ether oxygens (including phenoxy) is 1. The second kappa shape index (κ2) is 8.35. The van der Waals surface area contributed by atoms with Crippen LogP contribution in [0.3, 0.4) is 0 Å². The zero-order valence-corrected chi connectivity index (χ0v) is 18.8. The third-order valence-electron chi connectivity index (χ3n) is 5.48. The molecule has 5 nitrogen and oxygen atoms in total. The van der Waals surface area contributed by atoms with E-state index in [4.69, 9.17) is 15.5 Å². The highest BCUT2D eigenvalue weighted by Gasteiger charge is 2.18. The summed E-state index contributed by atoms with van der Waals surface area (Å²) in [5.74, 6) is 1.32. The van der Waals surface area contributed by atoms with Crippen LogP contribution in [0, 0.1) is 0 Å². The van der Waals surface area contributed by atoms with E-state index in [1.807, 2.05) is 24.3 Å². The van der Waals surface area contributed by atoms with Crippen molar-refractivity contribution in [3.8, 4) is 45.3 Å². The normalized spacial score (nSPS) is 11.4. The van der Waals surface area contributed by atoms with Gasteiger partial charge in [-0.05, 0) is 59.0 Å². The van der Waals surface area contributed by atoms with E-state index < -0.39 is 0 Å². The minimum absolute atomic E-state index is 0.0575. The summed E-state index contributed by atoms with van der Waals surface area (Å²) in [6.07, 6.45) is 1.80. The van der Waals surface area contributed by atoms with Crippen LogP contribution < -0.4 is 10.5 Å². The van der Waals surface area contributed by atoms with Gasteiger partial charge in [0.05, 0.1) is 12.8 Å². The van der Waals surface area contributed by atoms with Crippen LogP contribution in [0.25, 0.3) is 33.8 Å². The van der Waals surface area contributed by atoms with E-state index in [2.05, 4.69) is 50.0 Å². The SMILES string of the molecule is COc1ccc(O)c(-c2nc(-c3ccc(N)cc3)ncc2-c2ccc(C(C)(C)C)cc2)c1. The van der Waals surface area contributed by atoms with E-state index in [0.29, 0.717) is 28.5 Å². The number of nitrogen functional groups attached to an aromatic ring is 1. The highest BCUT2D eigenvalue weighted by Crippen LogP contribution is 2.38. The molecule has 0 radical (unpaired) electrons. The largest absolute Gasteiger partial charge is 0.507 e. The van der Waals surface area contributed by atoms with E-state index in [0.717, 1.165) is 16.7 Å². The number of phenols is 1. The molecule has 0 saturated heterocycles. The highest BCUT2D eigenvalue weighted by atomic mass is 16.5. The van der Waals surface area contributed by atoms with Gasteiger partial charge in [0.1, 0.15) is 11.5 Å². The average molecular weight is 426 g/mol. The molecule has 4 rings (SSSR count). The number of hydrogen-bond acceptors (Lipinski definition) is 5. The summed E-state index contributed by atoms with van der Waals surface area (Å²) >= 11 is 0. The van der Waals surface area contributed by atoms with Crippen LogP contribution in [0.15, 0.2) is 72.9 Å². The number of rotatable bonds is 4. The predicted octanol–water partition coefficient (Wildman–Crippen LogP) is 6.07. The number of benzene rings is 3. The average Bonchev–Trinajstić information content (AvgIpc) is 2.79. The van der Waals surface area contributed by atoms with Crippen molar-refractivity contribution in [3.63, 3.8) is 0 Å². The molecular weight excluding hydrogens is 398 g/mol. The number of methoxy groups -OCH3 is 1. The van der Waals surface area contributed by atoms with Gasteiger partial charge in [-0.15, -0.1) is 0 Å². The van der Waals surface area contributed by atoms with Gasteiger partial charge in [-0.2, -0.15) is 0 Å². The van der Waals surface area contributed by atoms with Crippen LogP contribution >= 0.6 is 0 Å². The molecule has 32 heavy (non-hydrogen) atoms. The maximum atomic E-state index is 10.7. The van der Waals surface area contributed by atoms with Crippen molar-refractivity contribution in [2.45, 2.75) is 26.2 Å². The first kappa shape index (κ1) is 21.4. The van der Waals surface area contributed by atoms with Crippen LogP contribution in [0.1, 0.15) is 26.3 Å². The molecule has 162 valence electrons. The number of nitrogens with two attached hydrogens (primary N) is 1. The zero-order chi connectivity index (χ0) is 22.9. The third kappa shape index (κ3) is 4.28. The second-order valence-electron chi connectivity index (χ2n) is 8.79. The van der Waals surface area contributed by atoms with E-state index in [1.165, 1.54) is 5.56 Å². The lowest BCUT2D eigenvalue weighted by atomic mass is 9.86. The smallest absolute Gasteiger partial charge is 0.159 e. The fraction of sp³-hybridized carbons (Fsp3) is 0.185. The van der Waals surface area contributed by atoms with Crippen molar-refractivity contribution >= 4 is 5.69 Å². The number of anilines is 1. The van der Waals surface area contributed by atoms with Crippen molar-refractivity contribution < 1.29 is 9.84 Å². The lowest BCUT2D eigenvalue weighted by Gasteiger charge is -2.19. The van der Waals surface area contributed by atoms with Gasteiger partial charge < -0.3 is 15.6 Å². The molecule has 1 heterocycles. The van der Waals surface area contributed by atoms with E-state index in [1.54, 1.807) is 31.5 Å². The maximum absolute atomic E-state index is 10.7. The molecule has 3 N–H and O–H groups in total. The van der Waals surface area contributed by atoms with E-state index in [9.17, 15) is 5.11 Å². The zero-order valence-electron chi connectivity index (χ0n) is 18.8. The molecule has 0 amide bonds. The van der Waals surface area contributed by atoms with Crippen molar-refractivity contribution in [2.75, 3.05) is 12.8 Å². The minimum Gasteiger partial charge on any atom is -0.507 e. The maximum Gasteiger partial charge on any atom is 0.159 e. The molecule has 0 saturated carbocycles. The minimum atomic E-state index is 0.0575. The Morgan fingerprint density at radius 1 is 0.844 bits per heavy atom. The van der Waals surface area contributed by atoms with Gasteiger partial charge in [0.25, 0.3) is 0 Å². The molecule has 0 bridgehead atoms. The Kier molecular flexibility index (Phi) is 5.57. The molecular formula is C27H27N3O2. The van der Waals surface area contributed by atoms with Crippen LogP contribution in [0.4, 0.5) is 5.69 Å². The molecule has 4 aromatic rings. The first-order chi connectivity index (χ1) is 15.3. The van der Waals surface area contributed by atoms with E-state index >= 15 is 0 Å². The summed E-state index contributed by atoms with van der Waals surface area (Å²) in [4.78, 5) is 9.48. The number of nitrogens with zero attached hydrogens (tertiary/aromatic N) is 2. The lowest BCUT2D eigenvalue weighted by molar-refractivity contribution is 0.412. The Labute approximate surface area is 188 Å². The van der Waals surface area contributed by atoms with Crippen LogP contribution in [0.2, 0.25) is 0 Å². The molecule has 0 aliphatic carbocycles. The topological polar surface area (TPSA) is 81.3 Å². The molecule has 0 fully saturated rings. The van der Waals surface area contributed by atoms with Gasteiger partial charge in [-0.3, -0.25) is 0 Å². The van der Waals surface area contributed by atoms with Gasteiger partial charge in [-0.1, -0.05) is 45.0 Å². The summed E-state index contributed by atoms with van der Waals surface area (Å²) in [5, 5.41) is 10.7. The van der Waals surface area contributed by atoms with Gasteiger partial charge in [0.15, 0.2) is 5.82 Å². The third-order valence-corrected chi connectivity index (χ3v) is 5.48. The van der Waals surface area contributed by atoms with Crippen LogP contribution in [0.5, 0.6) is 11.5 Å². The second-order valence-corrected chi connectivity index (χ2v) is 8.79. The number of phenolic OH excluding ortho intramolecular Hbond substituents is 1. The highest BCUT2D eigenvalue weighted by molar-refractivity contribution is 5.84. The molecule has 3 aromatic carbocycles. The molecule has 0 atom stereocenters. The Morgan fingerprint density at radius 3 is 2.12 bits per heavy atom. The molecule has 0 aliphatic rings. The van der Waals surface area contributed by atoms with E-state index in [-0.39, 0.29) is 11.2 Å². The number of aromatic hydroxyl groups is 1. The Bertz CT molecular complexity index is 1240. The molecule has 5 heteroatoms. The van der Waals surface area contributed by atoms with Crippen molar-refractivity contribution in [2.24, 2.45) is 0 Å². The van der Waals surface area contributed by atoms with Crippen molar-refractivity contribution in [1.82, 2.24) is 9.97 Å². The lowest BCUT2D eigenvalue weighted by Crippen LogP contribution is -2.10. The Hall–Kier alpha value is -3.86. The molecule has 1 aromatic heterocycles. The van der Waals surface area contributed by atoms with Gasteiger partial charge >= 0.3 is 0 Å². The summed E-state index contributed by atoms with van der Waals surface area (Å²) in [7, 11) is 1.60. The van der Waals surface area contributed by atoms with Crippen molar-refractivity contribution in [1.29, 1.82) is 0 Å². The summed E-state index contributed by atoms with van der Waals surface area (Å²) < 4.78 is 5.39. The van der Waals surface area contributed by atoms with Crippen molar-refractivity contribution in [3.05, 3.63) is 78.5 Å². The van der Waals surface area contributed by atoms with Crippen LogP contribution in [-0.4, -0.2) is 22.2 Å². The standard InChI is InChI=1S/C27H27N3O2/c1-27(2,3)19-9-5-17(6-10-19)23-16-29-26(18-7-11-20(28)12-8-18)30-25(23)22-15-21(32-4)13-14-24(22)31/h5-16,31H,28H2,1-4H3. The van der Waals surface area contributed by atoms with Crippen LogP contribution in [-0.2, 0) is 5.41 Å². The van der Waals surface area contributed by atoms with Gasteiger partial charge in [0, 0.05) is 28.6 Å². The first-order valence-corrected chi connectivity index (χ1v) is 10.5. The monoisotopic (exact) mass is 425 g/mol. The Balaban J connectivity index is 1.91. The predicted molar refractivity (Wildman–Crippen MR) is 130 cm³/mol. The number of aromatic nitrogens is 2. The molecule has 0 unspecified atom stereocenters. The fourth-order valence-corrected chi connectivity index (χ4v) is 3.55. The quantitative estimate of drug-likeness (QED) is 0.388.